The van der Waals surface area contributed by atoms with Crippen molar-refractivity contribution in [3.8, 4) is 0 Å². The van der Waals surface area contributed by atoms with Gasteiger partial charge in [0.2, 0.25) is 0 Å². The Hall–Kier alpha value is -0.340. The van der Waals surface area contributed by atoms with E-state index < -0.39 is 0 Å². The summed E-state index contributed by atoms with van der Waals surface area (Å²) in [5.41, 5.74) is 0.153. The summed E-state index contributed by atoms with van der Waals surface area (Å²) in [6, 6.07) is 0.635. The van der Waals surface area contributed by atoms with E-state index in [1.807, 2.05) is 13.2 Å². The van der Waals surface area contributed by atoms with Gasteiger partial charge in [-0.15, -0.1) is 6.58 Å². The van der Waals surface area contributed by atoms with Gasteiger partial charge in [-0.3, -0.25) is 0 Å². The minimum Gasteiger partial charge on any atom is -0.377 e. The highest BCUT2D eigenvalue weighted by Crippen LogP contribution is 2.34. The normalized spacial score (nSPS) is 20.1. The summed E-state index contributed by atoms with van der Waals surface area (Å²) in [7, 11) is 1.85. The fraction of sp³-hybridized carbons (Fsp3) is 0.857. The van der Waals surface area contributed by atoms with Crippen LogP contribution >= 0.6 is 0 Å². The summed E-state index contributed by atoms with van der Waals surface area (Å²) < 4.78 is 5.62. The van der Waals surface area contributed by atoms with Gasteiger partial charge in [-0.2, -0.15) is 0 Å². The number of ether oxygens (including phenoxy) is 1. The van der Waals surface area contributed by atoms with Crippen molar-refractivity contribution in [2.75, 3.05) is 13.7 Å². The lowest BCUT2D eigenvalue weighted by molar-refractivity contribution is -0.0710. The molecular weight excluding hydrogens is 198 g/mol. The Morgan fingerprint density at radius 1 is 1.44 bits per heavy atom. The third-order valence-electron chi connectivity index (χ3n) is 3.77. The molecule has 94 valence electrons. The molecule has 1 saturated carbocycles. The molecule has 0 aromatic heterocycles. The minimum absolute atomic E-state index is 0.153. The molecule has 0 amide bonds. The maximum atomic E-state index is 5.62. The summed E-state index contributed by atoms with van der Waals surface area (Å²) in [5, 5.41) is 3.68. The Labute approximate surface area is 100 Å². The maximum absolute atomic E-state index is 5.62. The van der Waals surface area contributed by atoms with Gasteiger partial charge in [-0.05, 0) is 38.5 Å². The quantitative estimate of drug-likeness (QED) is 0.608. The van der Waals surface area contributed by atoms with E-state index in [0.717, 1.165) is 13.0 Å². The van der Waals surface area contributed by atoms with Crippen LogP contribution in [-0.4, -0.2) is 25.3 Å². The largest absolute Gasteiger partial charge is 0.377 e. The first-order valence-electron chi connectivity index (χ1n) is 6.66. The van der Waals surface area contributed by atoms with Gasteiger partial charge in [0, 0.05) is 19.7 Å². The van der Waals surface area contributed by atoms with Crippen LogP contribution in [0.25, 0.3) is 0 Å². The van der Waals surface area contributed by atoms with Crippen molar-refractivity contribution >= 4 is 0 Å². The smallest absolute Gasteiger partial charge is 0.0802 e. The summed E-state index contributed by atoms with van der Waals surface area (Å²) in [4.78, 5) is 0. The summed E-state index contributed by atoms with van der Waals surface area (Å²) in [5.74, 6) is 0. The Morgan fingerprint density at radius 2 is 2.19 bits per heavy atom. The molecule has 1 atom stereocenters. The van der Waals surface area contributed by atoms with E-state index in [-0.39, 0.29) is 5.60 Å². The van der Waals surface area contributed by atoms with E-state index >= 15 is 0 Å². The number of allylic oxidation sites excluding steroid dienone is 1. The molecular formula is C14H27NO. The molecule has 0 saturated heterocycles. The van der Waals surface area contributed by atoms with Crippen molar-refractivity contribution in [2.45, 2.75) is 63.5 Å². The van der Waals surface area contributed by atoms with Gasteiger partial charge < -0.3 is 10.1 Å². The van der Waals surface area contributed by atoms with Gasteiger partial charge in [-0.25, -0.2) is 0 Å². The van der Waals surface area contributed by atoms with Gasteiger partial charge in [0.1, 0.15) is 0 Å². The molecule has 0 aliphatic heterocycles. The summed E-state index contributed by atoms with van der Waals surface area (Å²) in [6.45, 7) is 7.06. The molecule has 0 aromatic rings. The highest BCUT2D eigenvalue weighted by atomic mass is 16.5. The van der Waals surface area contributed by atoms with Crippen LogP contribution in [0, 0.1) is 0 Å². The second kappa shape index (κ2) is 7.08. The molecule has 1 fully saturated rings. The lowest BCUT2D eigenvalue weighted by Gasteiger charge is -2.41. The molecule has 16 heavy (non-hydrogen) atoms. The SMILES string of the molecule is C=CCCC(CCC)NCC1(OC)CCC1. The monoisotopic (exact) mass is 225 g/mol. The molecule has 0 heterocycles. The van der Waals surface area contributed by atoms with Crippen molar-refractivity contribution in [1.29, 1.82) is 0 Å². The molecule has 2 heteroatoms. The van der Waals surface area contributed by atoms with Gasteiger partial charge in [0.25, 0.3) is 0 Å². The fourth-order valence-electron chi connectivity index (χ4n) is 2.37. The van der Waals surface area contributed by atoms with E-state index in [9.17, 15) is 0 Å². The van der Waals surface area contributed by atoms with Crippen molar-refractivity contribution in [3.63, 3.8) is 0 Å². The lowest BCUT2D eigenvalue weighted by atomic mass is 9.79. The third kappa shape index (κ3) is 3.91. The molecule has 1 rings (SSSR count). The molecule has 1 unspecified atom stereocenters. The molecule has 0 bridgehead atoms. The maximum Gasteiger partial charge on any atom is 0.0802 e. The van der Waals surface area contributed by atoms with Crippen LogP contribution in [0.5, 0.6) is 0 Å². The molecule has 1 aliphatic rings. The molecule has 0 radical (unpaired) electrons. The Morgan fingerprint density at radius 3 is 2.62 bits per heavy atom. The first kappa shape index (κ1) is 13.7. The average molecular weight is 225 g/mol. The molecule has 0 spiro atoms. The average Bonchev–Trinajstić information content (AvgIpc) is 2.24. The minimum atomic E-state index is 0.153. The standard InChI is InChI=1S/C14H27NO/c1-4-6-9-13(8-5-2)15-12-14(16-3)10-7-11-14/h4,13,15H,1,5-12H2,2-3H3. The zero-order valence-corrected chi connectivity index (χ0v) is 10.9. The van der Waals surface area contributed by atoms with Gasteiger partial charge >= 0.3 is 0 Å². The van der Waals surface area contributed by atoms with E-state index in [0.29, 0.717) is 6.04 Å². The summed E-state index contributed by atoms with van der Waals surface area (Å²) >= 11 is 0. The Kier molecular flexibility index (Phi) is 6.07. The molecule has 1 aliphatic carbocycles. The van der Waals surface area contributed by atoms with Crippen LogP contribution in [0.4, 0.5) is 0 Å². The van der Waals surface area contributed by atoms with E-state index in [1.165, 1.54) is 38.5 Å². The third-order valence-corrected chi connectivity index (χ3v) is 3.77. The van der Waals surface area contributed by atoms with Crippen LogP contribution in [-0.2, 0) is 4.74 Å². The highest BCUT2D eigenvalue weighted by molar-refractivity contribution is 4.92. The van der Waals surface area contributed by atoms with Crippen LogP contribution in [0.1, 0.15) is 51.9 Å². The van der Waals surface area contributed by atoms with E-state index in [2.05, 4.69) is 18.8 Å². The van der Waals surface area contributed by atoms with Gasteiger partial charge in [0.15, 0.2) is 0 Å². The van der Waals surface area contributed by atoms with E-state index in [4.69, 9.17) is 4.74 Å². The van der Waals surface area contributed by atoms with Crippen molar-refractivity contribution in [1.82, 2.24) is 5.32 Å². The van der Waals surface area contributed by atoms with Crippen molar-refractivity contribution in [2.24, 2.45) is 0 Å². The first-order valence-corrected chi connectivity index (χ1v) is 6.66. The topological polar surface area (TPSA) is 21.3 Å². The second-order valence-electron chi connectivity index (χ2n) is 4.97. The first-order chi connectivity index (χ1) is 7.76. The van der Waals surface area contributed by atoms with Crippen LogP contribution < -0.4 is 5.32 Å². The number of nitrogens with one attached hydrogen (secondary N) is 1. The predicted octanol–water partition coefficient (Wildman–Crippen LogP) is 3.28. The number of rotatable bonds is 9. The Bertz CT molecular complexity index is 193. The van der Waals surface area contributed by atoms with Crippen molar-refractivity contribution in [3.05, 3.63) is 12.7 Å². The van der Waals surface area contributed by atoms with Gasteiger partial charge in [-0.1, -0.05) is 19.4 Å². The van der Waals surface area contributed by atoms with Gasteiger partial charge in [0.05, 0.1) is 5.60 Å². The molecule has 2 nitrogen and oxygen atoms in total. The fourth-order valence-corrected chi connectivity index (χ4v) is 2.37. The lowest BCUT2D eigenvalue weighted by Crippen LogP contribution is -2.50. The number of hydrogen-bond acceptors (Lipinski definition) is 2. The zero-order valence-electron chi connectivity index (χ0n) is 10.9. The summed E-state index contributed by atoms with van der Waals surface area (Å²) in [6.07, 6.45) is 10.6. The van der Waals surface area contributed by atoms with Crippen LogP contribution in [0.2, 0.25) is 0 Å². The van der Waals surface area contributed by atoms with Crippen molar-refractivity contribution < 1.29 is 4.74 Å². The molecule has 0 aromatic carbocycles. The second-order valence-corrected chi connectivity index (χ2v) is 4.97. The highest BCUT2D eigenvalue weighted by Gasteiger charge is 2.36. The number of methoxy groups -OCH3 is 1. The Balaban J connectivity index is 2.27. The molecule has 1 N–H and O–H groups in total. The van der Waals surface area contributed by atoms with Crippen LogP contribution in [0.3, 0.4) is 0 Å². The number of hydrogen-bond donors (Lipinski definition) is 1. The van der Waals surface area contributed by atoms with E-state index in [1.54, 1.807) is 0 Å². The zero-order chi connectivity index (χ0) is 11.9. The van der Waals surface area contributed by atoms with Crippen LogP contribution in [0.15, 0.2) is 12.7 Å². The predicted molar refractivity (Wildman–Crippen MR) is 69.7 cm³/mol.